The summed E-state index contributed by atoms with van der Waals surface area (Å²) in [7, 11) is 0. The lowest BCUT2D eigenvalue weighted by Gasteiger charge is -2.23. The van der Waals surface area contributed by atoms with Crippen molar-refractivity contribution in [3.8, 4) is 0 Å². The molecule has 1 unspecified atom stereocenters. The molecule has 6 nitrogen and oxygen atoms in total. The third kappa shape index (κ3) is 5.79. The van der Waals surface area contributed by atoms with E-state index in [1.54, 1.807) is 18.2 Å². The van der Waals surface area contributed by atoms with Gasteiger partial charge >= 0.3 is 0 Å². The molecule has 1 aliphatic rings. The van der Waals surface area contributed by atoms with Crippen LogP contribution in [0.1, 0.15) is 25.3 Å². The molecule has 1 fully saturated rings. The summed E-state index contributed by atoms with van der Waals surface area (Å²) >= 11 is 0. The van der Waals surface area contributed by atoms with Crippen LogP contribution in [0.25, 0.3) is 0 Å². The minimum Gasteiger partial charge on any atom is -0.330 e. The number of benzene rings is 2. The van der Waals surface area contributed by atoms with Gasteiger partial charge in [-0.25, -0.2) is 0 Å². The summed E-state index contributed by atoms with van der Waals surface area (Å²) < 4.78 is 0. The first-order valence-electron chi connectivity index (χ1n) is 9.65. The van der Waals surface area contributed by atoms with Crippen LogP contribution < -0.4 is 16.4 Å². The molecule has 0 aromatic heterocycles. The first-order valence-corrected chi connectivity index (χ1v) is 9.65. The van der Waals surface area contributed by atoms with Gasteiger partial charge in [0.25, 0.3) is 0 Å². The van der Waals surface area contributed by atoms with Crippen LogP contribution in [-0.4, -0.2) is 42.4 Å². The average Bonchev–Trinajstić information content (AvgIpc) is 3.12. The van der Waals surface area contributed by atoms with Crippen molar-refractivity contribution in [2.45, 2.75) is 25.8 Å². The summed E-state index contributed by atoms with van der Waals surface area (Å²) in [5.74, 6) is 0.462. The van der Waals surface area contributed by atoms with Gasteiger partial charge in [0.1, 0.15) is 0 Å². The highest BCUT2D eigenvalue weighted by molar-refractivity contribution is 5.96. The Kier molecular flexibility index (Phi) is 8.20. The highest BCUT2D eigenvalue weighted by Gasteiger charge is 2.36. The maximum absolute atomic E-state index is 12.8. The maximum atomic E-state index is 12.8. The van der Waals surface area contributed by atoms with E-state index in [9.17, 15) is 9.59 Å². The highest BCUT2D eigenvalue weighted by Crippen LogP contribution is 2.33. The molecule has 0 radical (unpaired) electrons. The molecule has 29 heavy (non-hydrogen) atoms. The summed E-state index contributed by atoms with van der Waals surface area (Å²) in [5.41, 5.74) is 8.62. The number of anilines is 2. The number of halogens is 1. The summed E-state index contributed by atoms with van der Waals surface area (Å²) in [6.45, 7) is 5.60. The molecule has 0 aliphatic carbocycles. The minimum atomic E-state index is -0.271. The molecule has 0 spiro atoms. The average molecular weight is 417 g/mol. The van der Waals surface area contributed by atoms with E-state index in [1.807, 2.05) is 31.2 Å². The molecule has 2 amide bonds. The molecular weight excluding hydrogens is 388 g/mol. The van der Waals surface area contributed by atoms with Crippen molar-refractivity contribution >= 4 is 35.6 Å². The van der Waals surface area contributed by atoms with Crippen molar-refractivity contribution in [3.05, 3.63) is 60.2 Å². The Balaban J connectivity index is 0.00000300. The lowest BCUT2D eigenvalue weighted by Crippen LogP contribution is -2.41. The smallest absolute Gasteiger partial charge is 0.241 e. The molecule has 1 saturated heterocycles. The molecule has 1 heterocycles. The van der Waals surface area contributed by atoms with Gasteiger partial charge in [-0.15, -0.1) is 12.4 Å². The zero-order chi connectivity index (χ0) is 20.1. The van der Waals surface area contributed by atoms with Crippen molar-refractivity contribution in [2.75, 3.05) is 30.3 Å². The van der Waals surface area contributed by atoms with Gasteiger partial charge in [-0.1, -0.05) is 36.4 Å². The lowest BCUT2D eigenvalue weighted by atomic mass is 9.89. The van der Waals surface area contributed by atoms with E-state index >= 15 is 0 Å². The van der Waals surface area contributed by atoms with Crippen molar-refractivity contribution in [1.82, 2.24) is 4.90 Å². The van der Waals surface area contributed by atoms with Gasteiger partial charge in [0.15, 0.2) is 0 Å². The molecule has 156 valence electrons. The molecule has 3 atom stereocenters. The number of carbonyl (C=O) groups excluding carboxylic acids is 2. The van der Waals surface area contributed by atoms with Gasteiger partial charge < -0.3 is 16.4 Å². The SMILES string of the molecule is CC(=O)Nc1cccc(NC(=O)C(C)N2C[C@@H](CN)[C@H](c3ccccc3)C2)c1.Cl. The fraction of sp³-hybridized carbons (Fsp3) is 0.364. The molecule has 0 bridgehead atoms. The Morgan fingerprint density at radius 1 is 1.07 bits per heavy atom. The van der Waals surface area contributed by atoms with Crippen LogP contribution in [0.2, 0.25) is 0 Å². The summed E-state index contributed by atoms with van der Waals surface area (Å²) in [6.07, 6.45) is 0. The Morgan fingerprint density at radius 3 is 2.34 bits per heavy atom. The standard InChI is InChI=1S/C22H28N4O2.ClH/c1-15(22(28)25-20-10-6-9-19(11-20)24-16(2)27)26-13-18(12-23)21(14-26)17-7-4-3-5-8-17;/h3-11,15,18,21H,12-14,23H2,1-2H3,(H,24,27)(H,25,28);1H/t15?,18-,21+;/m1./s1. The predicted molar refractivity (Wildman–Crippen MR) is 119 cm³/mol. The Bertz CT molecular complexity index is 831. The van der Waals surface area contributed by atoms with E-state index in [1.165, 1.54) is 12.5 Å². The number of amides is 2. The van der Waals surface area contributed by atoms with Crippen molar-refractivity contribution < 1.29 is 9.59 Å². The van der Waals surface area contributed by atoms with Crippen LogP contribution in [-0.2, 0) is 9.59 Å². The summed E-state index contributed by atoms with van der Waals surface area (Å²) in [5, 5.41) is 5.68. The molecule has 2 aromatic rings. The molecule has 4 N–H and O–H groups in total. The molecule has 3 rings (SSSR count). The third-order valence-corrected chi connectivity index (χ3v) is 5.38. The number of carbonyl (C=O) groups is 2. The van der Waals surface area contributed by atoms with E-state index in [0.717, 1.165) is 13.1 Å². The van der Waals surface area contributed by atoms with E-state index in [0.29, 0.717) is 29.8 Å². The normalized spacial score (nSPS) is 19.8. The second-order valence-electron chi connectivity index (χ2n) is 7.39. The minimum absolute atomic E-state index is 0. The predicted octanol–water partition coefficient (Wildman–Crippen LogP) is 3.07. The van der Waals surface area contributed by atoms with Gasteiger partial charge in [0, 0.05) is 37.3 Å². The topological polar surface area (TPSA) is 87.5 Å². The van der Waals surface area contributed by atoms with E-state index in [-0.39, 0.29) is 30.3 Å². The second-order valence-corrected chi connectivity index (χ2v) is 7.39. The van der Waals surface area contributed by atoms with Crippen LogP contribution >= 0.6 is 12.4 Å². The quantitative estimate of drug-likeness (QED) is 0.675. The number of nitrogens with one attached hydrogen (secondary N) is 2. The van der Waals surface area contributed by atoms with Crippen molar-refractivity contribution in [3.63, 3.8) is 0 Å². The Labute approximate surface area is 178 Å². The zero-order valence-corrected chi connectivity index (χ0v) is 17.6. The van der Waals surface area contributed by atoms with E-state index in [4.69, 9.17) is 5.73 Å². The maximum Gasteiger partial charge on any atom is 0.241 e. The molecular formula is C22H29ClN4O2. The number of hydrogen-bond donors (Lipinski definition) is 3. The van der Waals surface area contributed by atoms with Gasteiger partial charge in [0.2, 0.25) is 11.8 Å². The molecule has 0 saturated carbocycles. The van der Waals surface area contributed by atoms with Gasteiger partial charge in [0.05, 0.1) is 6.04 Å². The largest absolute Gasteiger partial charge is 0.330 e. The van der Waals surface area contributed by atoms with Crippen LogP contribution in [0, 0.1) is 5.92 Å². The fourth-order valence-corrected chi connectivity index (χ4v) is 3.83. The number of nitrogens with zero attached hydrogens (tertiary/aromatic N) is 1. The first-order chi connectivity index (χ1) is 13.5. The summed E-state index contributed by atoms with van der Waals surface area (Å²) in [4.78, 5) is 26.2. The van der Waals surface area contributed by atoms with Crippen LogP contribution in [0.3, 0.4) is 0 Å². The third-order valence-electron chi connectivity index (χ3n) is 5.38. The fourth-order valence-electron chi connectivity index (χ4n) is 3.83. The number of nitrogens with two attached hydrogens (primary N) is 1. The second kappa shape index (κ2) is 10.4. The van der Waals surface area contributed by atoms with Crippen molar-refractivity contribution in [1.29, 1.82) is 0 Å². The van der Waals surface area contributed by atoms with Crippen LogP contribution in [0.15, 0.2) is 54.6 Å². The number of rotatable bonds is 6. The zero-order valence-electron chi connectivity index (χ0n) is 16.8. The summed E-state index contributed by atoms with van der Waals surface area (Å²) in [6, 6.07) is 17.3. The monoisotopic (exact) mass is 416 g/mol. The number of likely N-dealkylation sites (tertiary alicyclic amines) is 1. The van der Waals surface area contributed by atoms with Gasteiger partial charge in [-0.3, -0.25) is 14.5 Å². The van der Waals surface area contributed by atoms with E-state index < -0.39 is 0 Å². The first kappa shape index (κ1) is 22.9. The lowest BCUT2D eigenvalue weighted by molar-refractivity contribution is -0.120. The Morgan fingerprint density at radius 2 is 1.72 bits per heavy atom. The number of hydrogen-bond acceptors (Lipinski definition) is 4. The molecule has 7 heteroatoms. The van der Waals surface area contributed by atoms with Gasteiger partial charge in [-0.2, -0.15) is 0 Å². The van der Waals surface area contributed by atoms with Crippen LogP contribution in [0.5, 0.6) is 0 Å². The van der Waals surface area contributed by atoms with E-state index in [2.05, 4.69) is 27.7 Å². The highest BCUT2D eigenvalue weighted by atomic mass is 35.5. The van der Waals surface area contributed by atoms with Gasteiger partial charge in [-0.05, 0) is 43.1 Å². The molecule has 2 aromatic carbocycles. The van der Waals surface area contributed by atoms with Crippen molar-refractivity contribution in [2.24, 2.45) is 11.7 Å². The van der Waals surface area contributed by atoms with Crippen LogP contribution in [0.4, 0.5) is 11.4 Å². The molecule has 1 aliphatic heterocycles. The Hall–Kier alpha value is -2.41.